The van der Waals surface area contributed by atoms with Gasteiger partial charge in [0.1, 0.15) is 23.8 Å². The highest BCUT2D eigenvalue weighted by molar-refractivity contribution is 6.39. The number of cyclic esters (lactones) is 1. The molecule has 3 fully saturated rings. The van der Waals surface area contributed by atoms with Crippen LogP contribution in [0.2, 0.25) is 0 Å². The summed E-state index contributed by atoms with van der Waals surface area (Å²) in [6.07, 6.45) is 3.44. The van der Waals surface area contributed by atoms with E-state index in [0.717, 1.165) is 11.1 Å². The molecular weight excluding hydrogens is 578 g/mol. The van der Waals surface area contributed by atoms with Gasteiger partial charge in [-0.25, -0.2) is 5.01 Å². The van der Waals surface area contributed by atoms with Crippen LogP contribution in [-0.4, -0.2) is 76.3 Å². The summed E-state index contributed by atoms with van der Waals surface area (Å²) in [5.74, 6) is -2.44. The maximum atomic E-state index is 13.9. The van der Waals surface area contributed by atoms with Crippen molar-refractivity contribution >= 4 is 41.4 Å². The molecule has 3 heterocycles. The number of benzene rings is 2. The molecule has 2 aromatic rings. The van der Waals surface area contributed by atoms with Crippen molar-refractivity contribution in [2.75, 3.05) is 6.54 Å². The second kappa shape index (κ2) is 14.8. The van der Waals surface area contributed by atoms with E-state index in [1.54, 1.807) is 13.0 Å². The Hall–Kier alpha value is -4.84. The van der Waals surface area contributed by atoms with Gasteiger partial charge in [-0.3, -0.25) is 34.0 Å². The lowest BCUT2D eigenvalue weighted by molar-refractivity contribution is -0.178. The molecule has 0 unspecified atom stereocenters. The molecule has 2 aromatic carbocycles. The van der Waals surface area contributed by atoms with E-state index < -0.39 is 48.1 Å². The van der Waals surface area contributed by atoms with Gasteiger partial charge in [0, 0.05) is 19.2 Å². The highest BCUT2D eigenvalue weighted by atomic mass is 16.7. The van der Waals surface area contributed by atoms with Gasteiger partial charge in [0.25, 0.3) is 11.8 Å². The van der Waals surface area contributed by atoms with E-state index in [0.29, 0.717) is 19.3 Å². The Labute approximate surface area is 261 Å². The Morgan fingerprint density at radius 3 is 2.49 bits per heavy atom. The lowest BCUT2D eigenvalue weighted by atomic mass is 10.0. The Kier molecular flexibility index (Phi) is 10.4. The zero-order valence-corrected chi connectivity index (χ0v) is 25.1. The first-order chi connectivity index (χ1) is 21.8. The van der Waals surface area contributed by atoms with Gasteiger partial charge in [0.05, 0.1) is 13.0 Å². The van der Waals surface area contributed by atoms with Crippen LogP contribution in [0.25, 0.3) is 6.08 Å². The van der Waals surface area contributed by atoms with Crippen LogP contribution in [0.4, 0.5) is 0 Å². The first-order valence-corrected chi connectivity index (χ1v) is 15.2. The number of nitrogens with zero attached hydrogens (tertiary/aromatic N) is 3. The van der Waals surface area contributed by atoms with Crippen molar-refractivity contribution in [1.29, 1.82) is 0 Å². The monoisotopic (exact) mass is 615 g/mol. The zero-order chi connectivity index (χ0) is 31.8. The number of hydrazine groups is 1. The maximum absolute atomic E-state index is 13.9. The summed E-state index contributed by atoms with van der Waals surface area (Å²) in [4.78, 5) is 70.2. The van der Waals surface area contributed by atoms with Crippen LogP contribution in [0.15, 0.2) is 71.9 Å². The Morgan fingerprint density at radius 1 is 1.02 bits per heavy atom. The molecule has 4 atom stereocenters. The van der Waals surface area contributed by atoms with E-state index in [1.807, 2.05) is 60.7 Å². The van der Waals surface area contributed by atoms with Crippen LogP contribution in [0.5, 0.6) is 0 Å². The van der Waals surface area contributed by atoms with Crippen molar-refractivity contribution in [1.82, 2.24) is 20.7 Å². The number of hydrogen-bond acceptors (Lipinski definition) is 8. The van der Waals surface area contributed by atoms with Gasteiger partial charge >= 0.3 is 5.97 Å². The fourth-order valence-electron chi connectivity index (χ4n) is 5.57. The Morgan fingerprint density at radius 2 is 1.76 bits per heavy atom. The Balaban J connectivity index is 1.27. The summed E-state index contributed by atoms with van der Waals surface area (Å²) < 4.78 is 11.1. The van der Waals surface area contributed by atoms with E-state index in [2.05, 4.69) is 15.6 Å². The topological polar surface area (TPSA) is 147 Å². The Bertz CT molecular complexity index is 1460. The number of ether oxygens (including phenoxy) is 2. The van der Waals surface area contributed by atoms with E-state index in [1.165, 1.54) is 16.2 Å². The van der Waals surface area contributed by atoms with Gasteiger partial charge in [-0.05, 0) is 42.9 Å². The third-order valence-electron chi connectivity index (χ3n) is 7.91. The number of carbonyl (C=O) groups excluding carboxylic acids is 5. The molecular formula is C33H37N5O7. The smallest absolute Gasteiger partial charge is 0.310 e. The van der Waals surface area contributed by atoms with Crippen LogP contribution in [0, 0.1) is 0 Å². The normalized spacial score (nSPS) is 23.8. The van der Waals surface area contributed by atoms with Gasteiger partial charge in [0.2, 0.25) is 18.1 Å². The number of rotatable bonds is 10. The molecule has 45 heavy (non-hydrogen) atoms. The SMILES string of the molecule is CC/C(=N\C=C/c1ccccc1)C(=O)N[C@H]1CCC(=O)N2CCC[C@@H](C(=O)N[C@H]3CC(=O)O[C@H]3OCc3ccccc3)N2C1=O. The summed E-state index contributed by atoms with van der Waals surface area (Å²) >= 11 is 0. The molecule has 2 N–H and O–H groups in total. The average molecular weight is 616 g/mol. The van der Waals surface area contributed by atoms with Crippen LogP contribution >= 0.6 is 0 Å². The van der Waals surface area contributed by atoms with Crippen molar-refractivity contribution < 1.29 is 33.4 Å². The molecule has 236 valence electrons. The predicted octanol–water partition coefficient (Wildman–Crippen LogP) is 2.50. The van der Waals surface area contributed by atoms with Crippen molar-refractivity contribution in [2.24, 2.45) is 4.99 Å². The van der Waals surface area contributed by atoms with Gasteiger partial charge in [-0.2, -0.15) is 0 Å². The number of amides is 4. The van der Waals surface area contributed by atoms with Crippen molar-refractivity contribution in [3.8, 4) is 0 Å². The largest absolute Gasteiger partial charge is 0.433 e. The first-order valence-electron chi connectivity index (χ1n) is 15.2. The fraction of sp³-hybridized carbons (Fsp3) is 0.394. The fourth-order valence-corrected chi connectivity index (χ4v) is 5.57. The van der Waals surface area contributed by atoms with Crippen LogP contribution < -0.4 is 10.6 Å². The van der Waals surface area contributed by atoms with Gasteiger partial charge in [-0.1, -0.05) is 67.6 Å². The number of hydrogen-bond donors (Lipinski definition) is 2. The van der Waals surface area contributed by atoms with E-state index in [4.69, 9.17) is 9.47 Å². The summed E-state index contributed by atoms with van der Waals surface area (Å²) in [6.45, 7) is 2.23. The standard InChI is InChI=1S/C33H37N5O7/c1-2-24(34-18-17-22-10-5-3-6-11-22)30(41)35-25-15-16-28(39)37-19-9-14-27(38(37)32(25)43)31(42)36-26-20-29(40)45-33(26)44-21-23-12-7-4-8-13-23/h3-8,10-13,17-18,25-27,33H,2,9,14-16,19-21H2,1H3,(H,35,41)(H,36,42)/b18-17-,34-24+/t25-,26-,27-,33+/m0/s1. The van der Waals surface area contributed by atoms with Crippen molar-refractivity contribution in [3.63, 3.8) is 0 Å². The third kappa shape index (κ3) is 7.82. The number of fused-ring (bicyclic) bond motifs is 1. The molecule has 3 saturated heterocycles. The predicted molar refractivity (Wildman–Crippen MR) is 164 cm³/mol. The lowest BCUT2D eigenvalue weighted by Crippen LogP contribution is -2.64. The van der Waals surface area contributed by atoms with Crippen molar-refractivity contribution in [2.45, 2.75) is 76.5 Å². The molecule has 0 aliphatic carbocycles. The zero-order valence-electron chi connectivity index (χ0n) is 25.1. The van der Waals surface area contributed by atoms with Crippen LogP contribution in [0.3, 0.4) is 0 Å². The highest BCUT2D eigenvalue weighted by Crippen LogP contribution is 2.26. The maximum Gasteiger partial charge on any atom is 0.310 e. The molecule has 3 aliphatic heterocycles. The number of nitrogens with one attached hydrogen (secondary N) is 2. The summed E-state index contributed by atoms with van der Waals surface area (Å²) in [5, 5.41) is 8.05. The lowest BCUT2D eigenvalue weighted by Gasteiger charge is -2.43. The molecule has 12 nitrogen and oxygen atoms in total. The molecule has 12 heteroatoms. The average Bonchev–Trinajstić information content (AvgIpc) is 3.36. The second-order valence-corrected chi connectivity index (χ2v) is 11.1. The van der Waals surface area contributed by atoms with Gasteiger partial charge in [-0.15, -0.1) is 0 Å². The molecule has 0 radical (unpaired) electrons. The number of esters is 1. The quantitative estimate of drug-likeness (QED) is 0.308. The molecule has 0 saturated carbocycles. The van der Waals surface area contributed by atoms with Crippen molar-refractivity contribution in [3.05, 3.63) is 78.0 Å². The molecule has 3 aliphatic rings. The molecule has 0 spiro atoms. The number of carbonyl (C=O) groups is 5. The molecule has 5 rings (SSSR count). The summed E-state index contributed by atoms with van der Waals surface area (Å²) in [5.41, 5.74) is 2.02. The summed E-state index contributed by atoms with van der Waals surface area (Å²) in [7, 11) is 0. The van der Waals surface area contributed by atoms with Crippen LogP contribution in [-0.2, 0) is 40.1 Å². The molecule has 4 amide bonds. The van der Waals surface area contributed by atoms with E-state index in [9.17, 15) is 24.0 Å². The first kappa shape index (κ1) is 31.6. The minimum absolute atomic E-state index is 0.0222. The minimum Gasteiger partial charge on any atom is -0.433 e. The third-order valence-corrected chi connectivity index (χ3v) is 7.91. The summed E-state index contributed by atoms with van der Waals surface area (Å²) in [6, 6.07) is 16.0. The number of aliphatic imine (C=N–C) groups is 1. The van der Waals surface area contributed by atoms with Gasteiger partial charge < -0.3 is 20.1 Å². The second-order valence-electron chi connectivity index (χ2n) is 11.1. The van der Waals surface area contributed by atoms with Gasteiger partial charge in [0.15, 0.2) is 0 Å². The highest BCUT2D eigenvalue weighted by Gasteiger charge is 2.46. The van der Waals surface area contributed by atoms with Crippen LogP contribution in [0.1, 0.15) is 56.6 Å². The molecule has 0 aromatic heterocycles. The van der Waals surface area contributed by atoms with E-state index in [-0.39, 0.29) is 44.0 Å². The van der Waals surface area contributed by atoms with E-state index >= 15 is 0 Å². The minimum atomic E-state index is -1.03. The molecule has 0 bridgehead atoms.